The van der Waals surface area contributed by atoms with E-state index in [1.807, 2.05) is 13.0 Å². The number of para-hydroxylation sites is 2. The summed E-state index contributed by atoms with van der Waals surface area (Å²) < 4.78 is 57.7. The fraction of sp³-hybridized carbons (Fsp3) is 0.136. The number of carbonyl (C=O) groups is 1. The highest BCUT2D eigenvalue weighted by molar-refractivity contribution is 7.92. The highest BCUT2D eigenvalue weighted by Crippen LogP contribution is 2.27. The molecular weight excluding hydrogens is 426 g/mol. The highest BCUT2D eigenvalue weighted by Gasteiger charge is 2.19. The summed E-state index contributed by atoms with van der Waals surface area (Å²) >= 11 is 0. The van der Waals surface area contributed by atoms with E-state index in [1.165, 1.54) is 36.4 Å². The van der Waals surface area contributed by atoms with Gasteiger partial charge in [-0.25, -0.2) is 8.42 Å². The van der Waals surface area contributed by atoms with Crippen LogP contribution >= 0.6 is 0 Å². The first kappa shape index (κ1) is 22.2. The Balaban J connectivity index is 1.88. The molecule has 0 spiro atoms. The molecule has 0 aromatic heterocycles. The molecule has 0 radical (unpaired) electrons. The average molecular weight is 446 g/mol. The molecule has 0 saturated carbocycles. The number of ether oxygens (including phenoxy) is 1. The number of sulfonamides is 1. The van der Waals surface area contributed by atoms with E-state index in [4.69, 9.17) is 0 Å². The summed E-state index contributed by atoms with van der Waals surface area (Å²) in [5.41, 5.74) is 1.91. The predicted octanol–water partition coefficient (Wildman–Crippen LogP) is 4.96. The third kappa shape index (κ3) is 5.58. The van der Waals surface area contributed by atoms with Crippen LogP contribution < -0.4 is 14.8 Å². The number of rotatable bonds is 7. The van der Waals surface area contributed by atoms with Gasteiger partial charge in [-0.15, -0.1) is 0 Å². The van der Waals surface area contributed by atoms with Gasteiger partial charge in [0.25, 0.3) is 15.9 Å². The lowest BCUT2D eigenvalue weighted by Gasteiger charge is -2.14. The Kier molecular flexibility index (Phi) is 6.55. The Labute approximate surface area is 178 Å². The number of carbonyl (C=O) groups excluding carboxylic acids is 1. The van der Waals surface area contributed by atoms with Crippen molar-refractivity contribution in [2.45, 2.75) is 25.4 Å². The third-order valence-electron chi connectivity index (χ3n) is 4.39. The van der Waals surface area contributed by atoms with Gasteiger partial charge >= 0.3 is 6.61 Å². The zero-order chi connectivity index (χ0) is 22.6. The van der Waals surface area contributed by atoms with Crippen LogP contribution in [0.15, 0.2) is 71.6 Å². The van der Waals surface area contributed by atoms with E-state index >= 15 is 0 Å². The van der Waals surface area contributed by atoms with Crippen molar-refractivity contribution in [3.63, 3.8) is 0 Å². The molecule has 162 valence electrons. The average Bonchev–Trinajstić information content (AvgIpc) is 2.69. The summed E-state index contributed by atoms with van der Waals surface area (Å²) in [6.45, 7) is 0.420. The quantitative estimate of drug-likeness (QED) is 0.537. The van der Waals surface area contributed by atoms with Crippen molar-refractivity contribution < 1.29 is 26.7 Å². The molecule has 0 bridgehead atoms. The first-order chi connectivity index (χ1) is 14.7. The Morgan fingerprint density at radius 3 is 2.42 bits per heavy atom. The van der Waals surface area contributed by atoms with Crippen molar-refractivity contribution >= 4 is 27.3 Å². The van der Waals surface area contributed by atoms with E-state index in [9.17, 15) is 22.0 Å². The number of nitrogens with one attached hydrogen (secondary N) is 2. The van der Waals surface area contributed by atoms with Gasteiger partial charge in [-0.2, -0.15) is 8.78 Å². The zero-order valence-electron chi connectivity index (χ0n) is 16.7. The van der Waals surface area contributed by atoms with Gasteiger partial charge in [0.15, 0.2) is 0 Å². The lowest BCUT2D eigenvalue weighted by molar-refractivity contribution is -0.0493. The minimum atomic E-state index is -3.95. The molecule has 0 heterocycles. The number of halogens is 2. The molecule has 0 fully saturated rings. The molecule has 0 aliphatic heterocycles. The molecule has 3 aromatic carbocycles. The number of hydrogen-bond donors (Lipinski definition) is 2. The van der Waals surface area contributed by atoms with Crippen molar-refractivity contribution in [3.05, 3.63) is 83.4 Å². The maximum atomic E-state index is 12.8. The Morgan fingerprint density at radius 1 is 0.968 bits per heavy atom. The van der Waals surface area contributed by atoms with E-state index < -0.39 is 22.5 Å². The molecule has 0 atom stereocenters. The van der Waals surface area contributed by atoms with Gasteiger partial charge in [-0.3, -0.25) is 9.52 Å². The Bertz CT molecular complexity index is 1210. The molecule has 0 unspecified atom stereocenters. The van der Waals surface area contributed by atoms with E-state index in [0.717, 1.165) is 5.56 Å². The van der Waals surface area contributed by atoms with Crippen molar-refractivity contribution in [1.82, 2.24) is 0 Å². The van der Waals surface area contributed by atoms with Crippen LogP contribution in [-0.4, -0.2) is 20.9 Å². The molecular formula is C22H20F2N2O4S. The van der Waals surface area contributed by atoms with E-state index in [2.05, 4.69) is 14.8 Å². The molecule has 0 aliphatic rings. The maximum Gasteiger partial charge on any atom is 0.387 e. The summed E-state index contributed by atoms with van der Waals surface area (Å²) in [5, 5.41) is 2.50. The first-order valence-corrected chi connectivity index (χ1v) is 10.7. The molecule has 2 N–H and O–H groups in total. The van der Waals surface area contributed by atoms with Crippen LogP contribution in [0.4, 0.5) is 20.2 Å². The summed E-state index contributed by atoms with van der Waals surface area (Å²) in [6, 6.07) is 16.7. The van der Waals surface area contributed by atoms with Crippen molar-refractivity contribution in [3.8, 4) is 5.75 Å². The van der Waals surface area contributed by atoms with Crippen molar-refractivity contribution in [2.24, 2.45) is 0 Å². The summed E-state index contributed by atoms with van der Waals surface area (Å²) in [4.78, 5) is 12.7. The van der Waals surface area contributed by atoms with Crippen LogP contribution in [0.1, 0.15) is 21.5 Å². The van der Waals surface area contributed by atoms with Gasteiger partial charge < -0.3 is 10.1 Å². The minimum absolute atomic E-state index is 0.0401. The number of benzene rings is 3. The van der Waals surface area contributed by atoms with Crippen molar-refractivity contribution in [2.75, 3.05) is 10.0 Å². The molecule has 6 nitrogen and oxygen atoms in total. The molecule has 3 aromatic rings. The van der Waals surface area contributed by atoms with Gasteiger partial charge in [-0.05, 0) is 61.4 Å². The number of hydrogen-bond acceptors (Lipinski definition) is 4. The summed E-state index contributed by atoms with van der Waals surface area (Å²) in [7, 11) is -3.95. The zero-order valence-corrected chi connectivity index (χ0v) is 17.5. The molecule has 1 amide bonds. The van der Waals surface area contributed by atoms with Crippen LogP contribution in [0.5, 0.6) is 5.75 Å². The normalized spacial score (nSPS) is 11.3. The fourth-order valence-electron chi connectivity index (χ4n) is 2.89. The monoisotopic (exact) mass is 446 g/mol. The summed E-state index contributed by atoms with van der Waals surface area (Å²) in [6.07, 6.45) is 0. The Hall–Kier alpha value is -3.46. The Morgan fingerprint density at radius 2 is 1.71 bits per heavy atom. The van der Waals surface area contributed by atoms with Crippen LogP contribution in [0, 0.1) is 13.8 Å². The van der Waals surface area contributed by atoms with E-state index in [-0.39, 0.29) is 21.9 Å². The predicted molar refractivity (Wildman–Crippen MR) is 114 cm³/mol. The molecule has 3 rings (SSSR count). The van der Waals surface area contributed by atoms with Crippen LogP contribution in [0.2, 0.25) is 0 Å². The lowest BCUT2D eigenvalue weighted by Crippen LogP contribution is -2.17. The maximum absolute atomic E-state index is 12.8. The largest absolute Gasteiger partial charge is 0.433 e. The van der Waals surface area contributed by atoms with Crippen LogP contribution in [0.3, 0.4) is 0 Å². The second-order valence-corrected chi connectivity index (χ2v) is 8.46. The second-order valence-electron chi connectivity index (χ2n) is 6.78. The van der Waals surface area contributed by atoms with Crippen molar-refractivity contribution in [1.29, 1.82) is 0 Å². The fourth-order valence-corrected chi connectivity index (χ4v) is 3.97. The second kappa shape index (κ2) is 9.13. The molecule has 0 aliphatic carbocycles. The SMILES string of the molecule is Cc1cccc(NS(=O)(=O)c2ccc(C)c(C(=O)Nc3ccccc3OC(F)F)c2)c1. The van der Waals surface area contributed by atoms with E-state index in [0.29, 0.717) is 11.3 Å². The number of anilines is 2. The lowest BCUT2D eigenvalue weighted by atomic mass is 10.1. The minimum Gasteiger partial charge on any atom is -0.433 e. The van der Waals surface area contributed by atoms with Crippen LogP contribution in [0.25, 0.3) is 0 Å². The molecule has 0 saturated heterocycles. The van der Waals surface area contributed by atoms with Gasteiger partial charge in [-0.1, -0.05) is 30.3 Å². The first-order valence-electron chi connectivity index (χ1n) is 9.21. The summed E-state index contributed by atoms with van der Waals surface area (Å²) in [5.74, 6) is -0.858. The molecule has 9 heteroatoms. The van der Waals surface area contributed by atoms with Crippen LogP contribution in [-0.2, 0) is 10.0 Å². The smallest absolute Gasteiger partial charge is 0.387 e. The van der Waals surface area contributed by atoms with Gasteiger partial charge in [0, 0.05) is 11.3 Å². The highest BCUT2D eigenvalue weighted by atomic mass is 32.2. The van der Waals surface area contributed by atoms with Gasteiger partial charge in [0.05, 0.1) is 10.6 Å². The third-order valence-corrected chi connectivity index (χ3v) is 5.76. The van der Waals surface area contributed by atoms with E-state index in [1.54, 1.807) is 31.2 Å². The van der Waals surface area contributed by atoms with Gasteiger partial charge in [0.1, 0.15) is 5.75 Å². The molecule has 31 heavy (non-hydrogen) atoms. The number of aryl methyl sites for hydroxylation is 2. The van der Waals surface area contributed by atoms with Gasteiger partial charge in [0.2, 0.25) is 0 Å². The number of amides is 1. The number of alkyl halides is 2. The topological polar surface area (TPSA) is 84.5 Å². The standard InChI is InChI=1S/C22H20F2N2O4S/c1-14-6-5-7-16(12-14)26-31(28,29)17-11-10-15(2)18(13-17)21(27)25-19-8-3-4-9-20(19)30-22(23)24/h3-13,22,26H,1-2H3,(H,25,27).